The van der Waals surface area contributed by atoms with Gasteiger partial charge in [0.2, 0.25) is 10.0 Å². The van der Waals surface area contributed by atoms with Gasteiger partial charge in [-0.2, -0.15) is 0 Å². The number of sulfonamides is 1. The van der Waals surface area contributed by atoms with Crippen molar-refractivity contribution in [1.82, 2.24) is 0 Å². The zero-order valence-corrected chi connectivity index (χ0v) is 11.9. The summed E-state index contributed by atoms with van der Waals surface area (Å²) in [4.78, 5) is 22.0. The van der Waals surface area contributed by atoms with Gasteiger partial charge in [0, 0.05) is 0 Å². The molecular weight excluding hydrogens is 298 g/mol. The highest BCUT2D eigenvalue weighted by Crippen LogP contribution is 2.27. The lowest BCUT2D eigenvalue weighted by Crippen LogP contribution is -2.25. The van der Waals surface area contributed by atoms with Gasteiger partial charge < -0.3 is 10.2 Å². The third-order valence-corrected chi connectivity index (χ3v) is 5.30. The maximum absolute atomic E-state index is 12.2. The second-order valence-corrected chi connectivity index (χ2v) is 6.92. The van der Waals surface area contributed by atoms with Gasteiger partial charge in [0.15, 0.2) is 0 Å². The Bertz CT molecular complexity index is 644. The molecule has 0 amide bonds. The minimum absolute atomic E-state index is 0.0424. The van der Waals surface area contributed by atoms with Crippen LogP contribution in [0.3, 0.4) is 0 Å². The highest BCUT2D eigenvalue weighted by molar-refractivity contribution is 7.93. The number of anilines is 1. The van der Waals surface area contributed by atoms with E-state index in [-0.39, 0.29) is 16.8 Å². The van der Waals surface area contributed by atoms with Gasteiger partial charge in [-0.1, -0.05) is 12.8 Å². The summed E-state index contributed by atoms with van der Waals surface area (Å²) in [7, 11) is -3.63. The monoisotopic (exact) mass is 313 g/mol. The van der Waals surface area contributed by atoms with Crippen molar-refractivity contribution in [1.29, 1.82) is 0 Å². The first-order valence-corrected chi connectivity index (χ1v) is 7.97. The molecule has 1 aromatic rings. The fourth-order valence-corrected chi connectivity index (χ4v) is 3.95. The number of aromatic carboxylic acids is 2. The zero-order chi connectivity index (χ0) is 15.6. The fourth-order valence-electron chi connectivity index (χ4n) is 2.38. The van der Waals surface area contributed by atoms with E-state index in [0.717, 1.165) is 31.0 Å². The normalized spacial score (nSPS) is 15.8. The van der Waals surface area contributed by atoms with Gasteiger partial charge in [0.05, 0.1) is 22.1 Å². The molecule has 0 unspecified atom stereocenters. The molecule has 7 nitrogen and oxygen atoms in total. The summed E-state index contributed by atoms with van der Waals surface area (Å²) in [6.45, 7) is 0. The number of carboxylic acids is 2. The summed E-state index contributed by atoms with van der Waals surface area (Å²) in [6.07, 6.45) is 2.78. The number of carboxylic acid groups (broad SMARTS) is 2. The van der Waals surface area contributed by atoms with E-state index in [1.54, 1.807) is 0 Å². The molecule has 0 bridgehead atoms. The average Bonchev–Trinajstić information content (AvgIpc) is 2.92. The molecule has 0 atom stereocenters. The second-order valence-electron chi connectivity index (χ2n) is 4.96. The number of carbonyl (C=O) groups is 2. The van der Waals surface area contributed by atoms with E-state index in [9.17, 15) is 18.0 Å². The van der Waals surface area contributed by atoms with Gasteiger partial charge >= 0.3 is 11.9 Å². The van der Waals surface area contributed by atoms with Crippen molar-refractivity contribution in [2.75, 3.05) is 4.72 Å². The number of hydrogen-bond donors (Lipinski definition) is 3. The predicted molar refractivity (Wildman–Crippen MR) is 75.2 cm³/mol. The van der Waals surface area contributed by atoms with Crippen molar-refractivity contribution < 1.29 is 28.2 Å². The van der Waals surface area contributed by atoms with Crippen LogP contribution < -0.4 is 4.72 Å². The van der Waals surface area contributed by atoms with Crippen molar-refractivity contribution in [3.63, 3.8) is 0 Å². The van der Waals surface area contributed by atoms with Crippen molar-refractivity contribution in [2.45, 2.75) is 30.9 Å². The van der Waals surface area contributed by atoms with Crippen LogP contribution in [0.4, 0.5) is 5.69 Å². The third kappa shape index (κ3) is 3.52. The van der Waals surface area contributed by atoms with E-state index in [2.05, 4.69) is 4.72 Å². The largest absolute Gasteiger partial charge is 0.478 e. The molecule has 1 aliphatic rings. The molecule has 8 heteroatoms. The van der Waals surface area contributed by atoms with E-state index >= 15 is 0 Å². The lowest BCUT2D eigenvalue weighted by atomic mass is 10.1. The van der Waals surface area contributed by atoms with Gasteiger partial charge in [-0.05, 0) is 31.0 Å². The van der Waals surface area contributed by atoms with E-state index in [1.165, 1.54) is 0 Å². The number of benzene rings is 1. The second kappa shape index (κ2) is 5.72. The molecule has 1 saturated carbocycles. The van der Waals surface area contributed by atoms with Gasteiger partial charge in [-0.25, -0.2) is 18.0 Å². The third-order valence-electron chi connectivity index (χ3n) is 3.43. The Kier molecular flexibility index (Phi) is 4.17. The maximum atomic E-state index is 12.2. The van der Waals surface area contributed by atoms with E-state index in [1.807, 2.05) is 0 Å². The fraction of sp³-hybridized carbons (Fsp3) is 0.385. The van der Waals surface area contributed by atoms with E-state index in [4.69, 9.17) is 10.2 Å². The van der Waals surface area contributed by atoms with Crippen molar-refractivity contribution >= 4 is 27.6 Å². The molecule has 2 rings (SSSR count). The topological polar surface area (TPSA) is 121 Å². The molecule has 0 aliphatic heterocycles. The van der Waals surface area contributed by atoms with Crippen LogP contribution in [0.15, 0.2) is 18.2 Å². The molecule has 0 aromatic heterocycles. The summed E-state index contributed by atoms with van der Waals surface area (Å²) in [5.41, 5.74) is -0.600. The standard InChI is InChI=1S/C13H15NO6S/c15-12(16)8-5-9(13(17)18)7-10(6-8)14-21(19,20)11-3-1-2-4-11/h5-7,11,14H,1-4H2,(H,15,16)(H,17,18). The Morgan fingerprint density at radius 3 is 1.90 bits per heavy atom. The predicted octanol–water partition coefficient (Wildman–Crippen LogP) is 1.77. The van der Waals surface area contributed by atoms with Crippen LogP contribution in [0, 0.1) is 0 Å². The summed E-state index contributed by atoms with van der Waals surface area (Å²) in [5.74, 6) is -2.64. The van der Waals surface area contributed by atoms with Gasteiger partial charge in [-0.15, -0.1) is 0 Å². The van der Waals surface area contributed by atoms with Crippen LogP contribution in [-0.2, 0) is 10.0 Å². The SMILES string of the molecule is O=C(O)c1cc(NS(=O)(=O)C2CCCC2)cc(C(=O)O)c1. The summed E-state index contributed by atoms with van der Waals surface area (Å²) >= 11 is 0. The smallest absolute Gasteiger partial charge is 0.335 e. The van der Waals surface area contributed by atoms with Crippen molar-refractivity contribution in [3.05, 3.63) is 29.3 Å². The first-order valence-electron chi connectivity index (χ1n) is 6.43. The first kappa shape index (κ1) is 15.3. The molecular formula is C13H15NO6S. The van der Waals surface area contributed by atoms with Crippen LogP contribution in [-0.4, -0.2) is 35.8 Å². The first-order chi connectivity index (χ1) is 9.79. The van der Waals surface area contributed by atoms with Crippen molar-refractivity contribution in [3.8, 4) is 0 Å². The minimum Gasteiger partial charge on any atom is -0.478 e. The highest BCUT2D eigenvalue weighted by Gasteiger charge is 2.29. The Morgan fingerprint density at radius 1 is 1.00 bits per heavy atom. The Labute approximate surface area is 121 Å². The van der Waals surface area contributed by atoms with Crippen molar-refractivity contribution in [2.24, 2.45) is 0 Å². The Morgan fingerprint density at radius 2 is 1.48 bits per heavy atom. The quantitative estimate of drug-likeness (QED) is 0.761. The zero-order valence-electron chi connectivity index (χ0n) is 11.1. The van der Waals surface area contributed by atoms with Gasteiger partial charge in [-0.3, -0.25) is 4.72 Å². The number of hydrogen-bond acceptors (Lipinski definition) is 4. The molecule has 0 heterocycles. The Balaban J connectivity index is 2.34. The number of rotatable bonds is 5. The van der Waals surface area contributed by atoms with Gasteiger partial charge in [0.1, 0.15) is 0 Å². The van der Waals surface area contributed by atoms with Crippen LogP contribution in [0.5, 0.6) is 0 Å². The van der Waals surface area contributed by atoms with Crippen LogP contribution >= 0.6 is 0 Å². The molecule has 1 aromatic carbocycles. The van der Waals surface area contributed by atoms with Crippen LogP contribution in [0.25, 0.3) is 0 Å². The molecule has 1 fully saturated rings. The molecule has 114 valence electrons. The molecule has 3 N–H and O–H groups in total. The Hall–Kier alpha value is -2.09. The van der Waals surface area contributed by atoms with Crippen LogP contribution in [0.2, 0.25) is 0 Å². The van der Waals surface area contributed by atoms with Crippen LogP contribution in [0.1, 0.15) is 46.4 Å². The molecule has 0 radical (unpaired) electrons. The highest BCUT2D eigenvalue weighted by atomic mass is 32.2. The summed E-state index contributed by atoms with van der Waals surface area (Å²) < 4.78 is 26.6. The molecule has 21 heavy (non-hydrogen) atoms. The molecule has 0 spiro atoms. The maximum Gasteiger partial charge on any atom is 0.335 e. The number of nitrogens with one attached hydrogen (secondary N) is 1. The molecule has 1 aliphatic carbocycles. The summed E-state index contributed by atoms with van der Waals surface area (Å²) in [6, 6.07) is 3.21. The van der Waals surface area contributed by atoms with E-state index < -0.39 is 27.2 Å². The minimum atomic E-state index is -3.63. The van der Waals surface area contributed by atoms with Gasteiger partial charge in [0.25, 0.3) is 0 Å². The molecule has 0 saturated heterocycles. The van der Waals surface area contributed by atoms with E-state index in [0.29, 0.717) is 12.8 Å². The average molecular weight is 313 g/mol. The lowest BCUT2D eigenvalue weighted by molar-refractivity contribution is 0.0696. The lowest BCUT2D eigenvalue weighted by Gasteiger charge is -2.14. The summed E-state index contributed by atoms with van der Waals surface area (Å²) in [5, 5.41) is 17.4.